The minimum atomic E-state index is 0.156. The van der Waals surface area contributed by atoms with Gasteiger partial charge in [0.25, 0.3) is 0 Å². The van der Waals surface area contributed by atoms with Gasteiger partial charge in [-0.05, 0) is 65.1 Å². The highest BCUT2D eigenvalue weighted by atomic mass is 79.9. The second-order valence-corrected chi connectivity index (χ2v) is 7.43. The number of hydrogen-bond donors (Lipinski definition) is 1. The van der Waals surface area contributed by atoms with Crippen LogP contribution >= 0.6 is 38.9 Å². The Morgan fingerprint density at radius 2 is 2.14 bits per heavy atom. The summed E-state index contributed by atoms with van der Waals surface area (Å²) >= 11 is 11.4. The van der Waals surface area contributed by atoms with Gasteiger partial charge in [0.2, 0.25) is 0 Å². The normalized spacial score (nSPS) is 12.4. The first kappa shape index (κ1) is 16.8. The third kappa shape index (κ3) is 4.01. The summed E-state index contributed by atoms with van der Waals surface area (Å²) < 4.78 is 7.13. The quantitative estimate of drug-likeness (QED) is 0.698. The molecule has 0 aliphatic heterocycles. The standard InChI is InChI=1S/C16H19BrClNOS/c1-4-7-19-15(14-8-10(2)16(18)21-14)11-5-6-13(20-3)12(17)9-11/h5-6,8-9,15,19H,4,7H2,1-3H3. The van der Waals surface area contributed by atoms with Gasteiger partial charge >= 0.3 is 0 Å². The van der Waals surface area contributed by atoms with Gasteiger partial charge in [0, 0.05) is 4.88 Å². The zero-order chi connectivity index (χ0) is 15.4. The monoisotopic (exact) mass is 387 g/mol. The van der Waals surface area contributed by atoms with Crippen LogP contribution in [0.5, 0.6) is 5.75 Å². The molecule has 0 saturated heterocycles. The second kappa shape index (κ2) is 7.63. The van der Waals surface area contributed by atoms with Crippen LogP contribution in [-0.4, -0.2) is 13.7 Å². The average Bonchev–Trinajstić information content (AvgIpc) is 2.79. The Hall–Kier alpha value is -0.550. The highest BCUT2D eigenvalue weighted by molar-refractivity contribution is 9.10. The molecule has 1 aromatic carbocycles. The summed E-state index contributed by atoms with van der Waals surface area (Å²) in [5.74, 6) is 0.841. The lowest BCUT2D eigenvalue weighted by Crippen LogP contribution is -2.22. The van der Waals surface area contributed by atoms with E-state index in [9.17, 15) is 0 Å². The van der Waals surface area contributed by atoms with E-state index in [1.54, 1.807) is 18.4 Å². The highest BCUT2D eigenvalue weighted by Gasteiger charge is 2.18. The summed E-state index contributed by atoms with van der Waals surface area (Å²) in [7, 11) is 1.68. The van der Waals surface area contributed by atoms with Gasteiger partial charge in [0.15, 0.2) is 0 Å². The molecule has 1 heterocycles. The van der Waals surface area contributed by atoms with Crippen molar-refractivity contribution < 1.29 is 4.74 Å². The number of thiophene rings is 1. The Kier molecular flexibility index (Phi) is 6.11. The van der Waals surface area contributed by atoms with Crippen molar-refractivity contribution >= 4 is 38.9 Å². The van der Waals surface area contributed by atoms with Gasteiger partial charge in [-0.2, -0.15) is 0 Å². The highest BCUT2D eigenvalue weighted by Crippen LogP contribution is 2.36. The van der Waals surface area contributed by atoms with E-state index in [4.69, 9.17) is 16.3 Å². The Morgan fingerprint density at radius 3 is 2.67 bits per heavy atom. The Labute approximate surface area is 143 Å². The van der Waals surface area contributed by atoms with Crippen molar-refractivity contribution in [3.63, 3.8) is 0 Å². The van der Waals surface area contributed by atoms with Crippen LogP contribution in [0, 0.1) is 6.92 Å². The molecule has 0 radical (unpaired) electrons. The molecule has 2 aromatic rings. The van der Waals surface area contributed by atoms with Gasteiger partial charge in [-0.3, -0.25) is 0 Å². The minimum Gasteiger partial charge on any atom is -0.496 e. The molecular formula is C16H19BrClNOS. The van der Waals surface area contributed by atoms with Crippen LogP contribution < -0.4 is 10.1 Å². The third-order valence-electron chi connectivity index (χ3n) is 3.27. The topological polar surface area (TPSA) is 21.3 Å². The third-order valence-corrected chi connectivity index (χ3v) is 5.51. The molecular weight excluding hydrogens is 370 g/mol. The summed E-state index contributed by atoms with van der Waals surface area (Å²) in [6.07, 6.45) is 1.09. The van der Waals surface area contributed by atoms with Crippen molar-refractivity contribution in [2.75, 3.05) is 13.7 Å². The fraction of sp³-hybridized carbons (Fsp3) is 0.375. The molecule has 5 heteroatoms. The largest absolute Gasteiger partial charge is 0.496 e. The van der Waals surface area contributed by atoms with Crippen LogP contribution in [-0.2, 0) is 0 Å². The number of ether oxygens (including phenoxy) is 1. The molecule has 1 atom stereocenters. The summed E-state index contributed by atoms with van der Waals surface area (Å²) in [5, 5.41) is 3.60. The van der Waals surface area contributed by atoms with Crippen LogP contribution in [0.3, 0.4) is 0 Å². The molecule has 0 saturated carbocycles. The average molecular weight is 389 g/mol. The number of hydrogen-bond acceptors (Lipinski definition) is 3. The summed E-state index contributed by atoms with van der Waals surface area (Å²) in [5.41, 5.74) is 2.33. The lowest BCUT2D eigenvalue weighted by Gasteiger charge is -2.18. The van der Waals surface area contributed by atoms with Gasteiger partial charge < -0.3 is 10.1 Å². The summed E-state index contributed by atoms with van der Waals surface area (Å²) in [4.78, 5) is 1.24. The molecule has 114 valence electrons. The molecule has 1 aromatic heterocycles. The lowest BCUT2D eigenvalue weighted by atomic mass is 10.0. The van der Waals surface area contributed by atoms with E-state index in [2.05, 4.69) is 46.4 Å². The van der Waals surface area contributed by atoms with Gasteiger partial charge in [0.1, 0.15) is 5.75 Å². The van der Waals surface area contributed by atoms with Crippen molar-refractivity contribution in [1.29, 1.82) is 0 Å². The number of methoxy groups -OCH3 is 1. The number of nitrogens with one attached hydrogen (secondary N) is 1. The predicted molar refractivity (Wildman–Crippen MR) is 94.9 cm³/mol. The van der Waals surface area contributed by atoms with Crippen molar-refractivity contribution in [3.8, 4) is 5.75 Å². The van der Waals surface area contributed by atoms with Crippen LogP contribution in [0.4, 0.5) is 0 Å². The Bertz CT molecular complexity index is 595. The Morgan fingerprint density at radius 1 is 1.38 bits per heavy atom. The van der Waals surface area contributed by atoms with Crippen molar-refractivity contribution in [1.82, 2.24) is 5.32 Å². The summed E-state index contributed by atoms with van der Waals surface area (Å²) in [6, 6.07) is 8.51. The van der Waals surface area contributed by atoms with Gasteiger partial charge in [-0.15, -0.1) is 11.3 Å². The molecule has 2 rings (SSSR count). The SMILES string of the molecule is CCCNC(c1ccc(OC)c(Br)c1)c1cc(C)c(Cl)s1. The first-order valence-corrected chi connectivity index (χ1v) is 8.88. The molecule has 1 unspecified atom stereocenters. The van der Waals surface area contributed by atoms with Crippen LogP contribution in [0.15, 0.2) is 28.7 Å². The van der Waals surface area contributed by atoms with Crippen molar-refractivity contribution in [2.24, 2.45) is 0 Å². The fourth-order valence-corrected chi connectivity index (χ4v) is 4.04. The Balaban J connectivity index is 2.37. The van der Waals surface area contributed by atoms with E-state index in [1.165, 1.54) is 10.4 Å². The first-order chi connectivity index (χ1) is 10.1. The molecule has 1 N–H and O–H groups in total. The maximum atomic E-state index is 6.24. The second-order valence-electron chi connectivity index (χ2n) is 4.89. The molecule has 0 aliphatic carbocycles. The van der Waals surface area contributed by atoms with E-state index in [1.807, 2.05) is 13.0 Å². The van der Waals surface area contributed by atoms with Gasteiger partial charge in [-0.1, -0.05) is 24.6 Å². The molecule has 2 nitrogen and oxygen atoms in total. The van der Waals surface area contributed by atoms with Crippen molar-refractivity contribution in [2.45, 2.75) is 26.3 Å². The van der Waals surface area contributed by atoms with E-state index in [0.717, 1.165) is 33.1 Å². The van der Waals surface area contributed by atoms with Crippen LogP contribution in [0.25, 0.3) is 0 Å². The maximum Gasteiger partial charge on any atom is 0.133 e. The molecule has 21 heavy (non-hydrogen) atoms. The van der Waals surface area contributed by atoms with E-state index in [-0.39, 0.29) is 6.04 Å². The number of benzene rings is 1. The summed E-state index contributed by atoms with van der Waals surface area (Å²) in [6.45, 7) is 5.17. The first-order valence-electron chi connectivity index (χ1n) is 6.89. The predicted octanol–water partition coefficient (Wildman–Crippen LogP) is 5.57. The van der Waals surface area contributed by atoms with E-state index < -0.39 is 0 Å². The number of rotatable bonds is 6. The molecule has 0 spiro atoms. The van der Waals surface area contributed by atoms with Gasteiger partial charge in [0.05, 0.1) is 22.0 Å². The molecule has 0 aliphatic rings. The maximum absolute atomic E-state index is 6.24. The smallest absolute Gasteiger partial charge is 0.133 e. The van der Waals surface area contributed by atoms with E-state index >= 15 is 0 Å². The number of aryl methyl sites for hydroxylation is 1. The van der Waals surface area contributed by atoms with Crippen LogP contribution in [0.1, 0.15) is 35.4 Å². The lowest BCUT2D eigenvalue weighted by molar-refractivity contribution is 0.411. The number of halogens is 2. The molecule has 0 amide bonds. The van der Waals surface area contributed by atoms with E-state index in [0.29, 0.717) is 0 Å². The molecule has 0 fully saturated rings. The van der Waals surface area contributed by atoms with Gasteiger partial charge in [-0.25, -0.2) is 0 Å². The minimum absolute atomic E-state index is 0.156. The zero-order valence-electron chi connectivity index (χ0n) is 12.4. The fourth-order valence-electron chi connectivity index (χ4n) is 2.16. The zero-order valence-corrected chi connectivity index (χ0v) is 15.5. The van der Waals surface area contributed by atoms with Crippen LogP contribution in [0.2, 0.25) is 4.34 Å². The molecule has 0 bridgehead atoms. The van der Waals surface area contributed by atoms with Crippen molar-refractivity contribution in [3.05, 3.63) is 49.1 Å².